The molecular weight excluding hydrogens is 374 g/mol. The van der Waals surface area contributed by atoms with Crippen LogP contribution in [0.3, 0.4) is 0 Å². The first-order chi connectivity index (χ1) is 12.5. The van der Waals surface area contributed by atoms with Gasteiger partial charge >= 0.3 is 0 Å². The third-order valence-electron chi connectivity index (χ3n) is 3.41. The molecule has 0 saturated carbocycles. The maximum absolute atomic E-state index is 12.2. The third kappa shape index (κ3) is 4.17. The molecule has 0 radical (unpaired) electrons. The summed E-state index contributed by atoms with van der Waals surface area (Å²) in [5.74, 6) is 0.296. The number of fused-ring (bicyclic) bond motifs is 1. The van der Waals surface area contributed by atoms with Gasteiger partial charge in [0.2, 0.25) is 5.91 Å². The summed E-state index contributed by atoms with van der Waals surface area (Å²) in [6.07, 6.45) is 0. The average Bonchev–Trinajstić information content (AvgIpc) is 2.61. The SMILES string of the molecule is CCOc1ccccc1NC(=O)CSC1=NS(=O)(=O)c2ccccc2N1. The van der Waals surface area contributed by atoms with E-state index in [1.807, 2.05) is 13.0 Å². The van der Waals surface area contributed by atoms with Crippen LogP contribution in [0, 0.1) is 0 Å². The standard InChI is InChI=1S/C17H17N3O4S2/c1-2-24-14-9-5-3-7-12(14)18-16(21)11-25-17-19-13-8-4-6-10-15(13)26(22,23)20-17/h3-10H,2,11H2,1H3,(H,18,21)(H,19,20). The Morgan fingerprint density at radius 3 is 2.73 bits per heavy atom. The van der Waals surface area contributed by atoms with E-state index in [2.05, 4.69) is 15.0 Å². The van der Waals surface area contributed by atoms with Crippen LogP contribution < -0.4 is 15.4 Å². The van der Waals surface area contributed by atoms with E-state index in [1.54, 1.807) is 36.4 Å². The molecule has 1 heterocycles. The van der Waals surface area contributed by atoms with Crippen LogP contribution in [0.5, 0.6) is 5.75 Å². The van der Waals surface area contributed by atoms with Gasteiger partial charge in [-0.15, -0.1) is 4.40 Å². The molecule has 0 fully saturated rings. The first-order valence-electron chi connectivity index (χ1n) is 7.85. The number of amidine groups is 1. The van der Waals surface area contributed by atoms with E-state index >= 15 is 0 Å². The van der Waals surface area contributed by atoms with Gasteiger partial charge in [-0.3, -0.25) is 4.79 Å². The van der Waals surface area contributed by atoms with Gasteiger partial charge in [-0.2, -0.15) is 8.42 Å². The molecule has 0 unspecified atom stereocenters. The molecule has 7 nitrogen and oxygen atoms in total. The van der Waals surface area contributed by atoms with E-state index in [4.69, 9.17) is 4.74 Å². The lowest BCUT2D eigenvalue weighted by molar-refractivity contribution is -0.113. The molecule has 1 aliphatic rings. The Hall–Kier alpha value is -2.52. The van der Waals surface area contributed by atoms with Crippen molar-refractivity contribution in [2.45, 2.75) is 11.8 Å². The van der Waals surface area contributed by atoms with Crippen molar-refractivity contribution in [3.63, 3.8) is 0 Å². The van der Waals surface area contributed by atoms with E-state index in [-0.39, 0.29) is 21.7 Å². The lowest BCUT2D eigenvalue weighted by Crippen LogP contribution is -2.22. The summed E-state index contributed by atoms with van der Waals surface area (Å²) in [7, 11) is -3.76. The maximum Gasteiger partial charge on any atom is 0.286 e. The number of carbonyl (C=O) groups is 1. The van der Waals surface area contributed by atoms with Crippen molar-refractivity contribution < 1.29 is 17.9 Å². The van der Waals surface area contributed by atoms with Crippen LogP contribution >= 0.6 is 11.8 Å². The number of nitrogens with one attached hydrogen (secondary N) is 2. The molecule has 0 bridgehead atoms. The van der Waals surface area contributed by atoms with Gasteiger partial charge in [0.25, 0.3) is 10.0 Å². The Morgan fingerprint density at radius 2 is 1.92 bits per heavy atom. The first kappa shape index (κ1) is 18.3. The van der Waals surface area contributed by atoms with Crippen molar-refractivity contribution in [1.82, 2.24) is 0 Å². The summed E-state index contributed by atoms with van der Waals surface area (Å²) >= 11 is 1.02. The van der Waals surface area contributed by atoms with Crippen LogP contribution in [0.4, 0.5) is 11.4 Å². The predicted molar refractivity (Wildman–Crippen MR) is 103 cm³/mol. The molecule has 2 aromatic carbocycles. The zero-order chi connectivity index (χ0) is 18.6. The number of anilines is 2. The minimum Gasteiger partial charge on any atom is -0.492 e. The zero-order valence-corrected chi connectivity index (χ0v) is 15.6. The molecule has 1 aliphatic heterocycles. The molecule has 0 spiro atoms. The van der Waals surface area contributed by atoms with Gasteiger partial charge in [-0.25, -0.2) is 0 Å². The van der Waals surface area contributed by atoms with Gasteiger partial charge < -0.3 is 15.4 Å². The minimum absolute atomic E-state index is 0.00395. The van der Waals surface area contributed by atoms with Crippen LogP contribution in [0.15, 0.2) is 57.8 Å². The van der Waals surface area contributed by atoms with E-state index in [0.717, 1.165) is 11.8 Å². The summed E-state index contributed by atoms with van der Waals surface area (Å²) in [6.45, 7) is 2.35. The highest BCUT2D eigenvalue weighted by atomic mass is 32.2. The van der Waals surface area contributed by atoms with Gasteiger partial charge in [0, 0.05) is 0 Å². The van der Waals surface area contributed by atoms with E-state index < -0.39 is 10.0 Å². The van der Waals surface area contributed by atoms with E-state index in [0.29, 0.717) is 23.7 Å². The topological polar surface area (TPSA) is 96.9 Å². The van der Waals surface area contributed by atoms with Crippen LogP contribution in [-0.2, 0) is 14.8 Å². The van der Waals surface area contributed by atoms with Gasteiger partial charge in [0.05, 0.1) is 23.7 Å². The van der Waals surface area contributed by atoms with Crippen molar-refractivity contribution >= 4 is 44.2 Å². The largest absolute Gasteiger partial charge is 0.492 e. The van der Waals surface area contributed by atoms with E-state index in [1.165, 1.54) is 6.07 Å². The predicted octanol–water partition coefficient (Wildman–Crippen LogP) is 2.93. The second-order valence-corrected chi connectivity index (χ2v) is 7.80. The second-order valence-electron chi connectivity index (χ2n) is 5.26. The summed E-state index contributed by atoms with van der Waals surface area (Å²) in [5, 5.41) is 5.85. The molecule has 1 amide bonds. The molecular formula is C17H17N3O4S2. The minimum atomic E-state index is -3.76. The normalized spacial score (nSPS) is 14.6. The van der Waals surface area contributed by atoms with Crippen molar-refractivity contribution in [2.75, 3.05) is 23.0 Å². The fourth-order valence-corrected chi connectivity index (χ4v) is 4.36. The molecule has 26 heavy (non-hydrogen) atoms. The summed E-state index contributed by atoms with van der Waals surface area (Å²) in [5.41, 5.74) is 1.02. The van der Waals surface area contributed by atoms with Crippen LogP contribution in [0.2, 0.25) is 0 Å². The highest BCUT2D eigenvalue weighted by Gasteiger charge is 2.24. The lowest BCUT2D eigenvalue weighted by Gasteiger charge is -2.17. The third-order valence-corrected chi connectivity index (χ3v) is 5.73. The van der Waals surface area contributed by atoms with Gasteiger partial charge in [-0.1, -0.05) is 36.0 Å². The summed E-state index contributed by atoms with van der Waals surface area (Å²) in [4.78, 5) is 12.3. The Kier molecular flexibility index (Phi) is 5.48. The number of benzene rings is 2. The smallest absolute Gasteiger partial charge is 0.286 e. The van der Waals surface area contributed by atoms with Gasteiger partial charge in [0.1, 0.15) is 10.6 Å². The number of hydrogen-bond acceptors (Lipinski definition) is 6. The van der Waals surface area contributed by atoms with Gasteiger partial charge in [-0.05, 0) is 31.2 Å². The molecule has 136 valence electrons. The number of thioether (sulfide) groups is 1. The highest BCUT2D eigenvalue weighted by Crippen LogP contribution is 2.29. The van der Waals surface area contributed by atoms with Gasteiger partial charge in [0.15, 0.2) is 5.17 Å². The van der Waals surface area contributed by atoms with Crippen molar-refractivity contribution in [2.24, 2.45) is 4.40 Å². The van der Waals surface area contributed by atoms with Crippen molar-refractivity contribution in [3.8, 4) is 5.75 Å². The lowest BCUT2D eigenvalue weighted by atomic mass is 10.3. The number of hydrogen-bond donors (Lipinski definition) is 2. The maximum atomic E-state index is 12.2. The first-order valence-corrected chi connectivity index (χ1v) is 10.3. The number of ether oxygens (including phenoxy) is 1. The number of carbonyl (C=O) groups excluding carboxylic acids is 1. The number of rotatable bonds is 5. The molecule has 0 saturated heterocycles. The quantitative estimate of drug-likeness (QED) is 0.813. The number of para-hydroxylation sites is 3. The zero-order valence-electron chi connectivity index (χ0n) is 13.9. The molecule has 2 N–H and O–H groups in total. The Balaban J connectivity index is 1.65. The molecule has 2 aromatic rings. The monoisotopic (exact) mass is 391 g/mol. The fraction of sp³-hybridized carbons (Fsp3) is 0.176. The second kappa shape index (κ2) is 7.79. The Morgan fingerprint density at radius 1 is 1.19 bits per heavy atom. The number of nitrogens with zero attached hydrogens (tertiary/aromatic N) is 1. The van der Waals surface area contributed by atoms with Crippen LogP contribution in [-0.4, -0.2) is 31.9 Å². The fourth-order valence-electron chi connectivity index (χ4n) is 2.33. The van der Waals surface area contributed by atoms with E-state index in [9.17, 15) is 13.2 Å². The molecule has 0 aliphatic carbocycles. The number of amides is 1. The highest BCUT2D eigenvalue weighted by molar-refractivity contribution is 8.15. The molecule has 9 heteroatoms. The molecule has 0 aromatic heterocycles. The molecule has 0 atom stereocenters. The Bertz CT molecular complexity index is 958. The average molecular weight is 391 g/mol. The van der Waals surface area contributed by atoms with Crippen molar-refractivity contribution in [1.29, 1.82) is 0 Å². The Labute approximate surface area is 155 Å². The van der Waals surface area contributed by atoms with Crippen LogP contribution in [0.1, 0.15) is 6.92 Å². The van der Waals surface area contributed by atoms with Crippen molar-refractivity contribution in [3.05, 3.63) is 48.5 Å². The van der Waals surface area contributed by atoms with Crippen LogP contribution in [0.25, 0.3) is 0 Å². The number of sulfonamides is 1. The summed E-state index contributed by atoms with van der Waals surface area (Å²) in [6, 6.07) is 13.6. The molecule has 3 rings (SSSR count). The summed E-state index contributed by atoms with van der Waals surface area (Å²) < 4.78 is 33.5.